The fraction of sp³-hybridized carbons (Fsp3) is 0.267. The molecule has 0 radical (unpaired) electrons. The van der Waals surface area contributed by atoms with E-state index in [2.05, 4.69) is 9.98 Å². The molecule has 22 heavy (non-hydrogen) atoms. The van der Waals surface area contributed by atoms with Gasteiger partial charge in [0, 0.05) is 10.4 Å². The van der Waals surface area contributed by atoms with Gasteiger partial charge in [-0.2, -0.15) is 4.99 Å². The summed E-state index contributed by atoms with van der Waals surface area (Å²) in [6.45, 7) is 3.59. The molecule has 2 unspecified atom stereocenters. The lowest BCUT2D eigenvalue weighted by Gasteiger charge is -2.33. The molecule has 0 saturated heterocycles. The van der Waals surface area contributed by atoms with Gasteiger partial charge in [0.1, 0.15) is 5.01 Å². The Bertz CT molecular complexity index is 717. The molecule has 2 rings (SSSR count). The Morgan fingerprint density at radius 2 is 2.05 bits per heavy atom. The van der Waals surface area contributed by atoms with Crippen LogP contribution in [0.4, 0.5) is 0 Å². The SMILES string of the molecule is Cc1nc(C(C(=O)c2ccccc2)C([O-])(Cl)N=C=O)sc1C. The second-order valence-corrected chi connectivity index (χ2v) is 6.45. The molecule has 0 amide bonds. The van der Waals surface area contributed by atoms with E-state index in [4.69, 9.17) is 11.6 Å². The second-order valence-electron chi connectivity index (χ2n) is 4.67. The molecule has 2 atom stereocenters. The number of benzene rings is 1. The van der Waals surface area contributed by atoms with Crippen molar-refractivity contribution in [2.24, 2.45) is 4.99 Å². The standard InChI is InChI=1S/C15H12ClN2O3S/c1-9-10(2)22-14(18-9)12(15(16,21)17-8-19)13(20)11-6-4-3-5-7-11/h3-7,12H,1-2H3/q-1. The number of Topliss-reactive ketones (excluding diaryl/α,β-unsaturated/α-hetero) is 1. The Hall–Kier alpha value is -1.85. The quantitative estimate of drug-likeness (QED) is 0.276. The number of hydrogen-bond acceptors (Lipinski definition) is 6. The fourth-order valence-corrected chi connectivity index (χ4v) is 3.32. The highest BCUT2D eigenvalue weighted by molar-refractivity contribution is 7.12. The van der Waals surface area contributed by atoms with Crippen molar-refractivity contribution in [3.8, 4) is 0 Å². The summed E-state index contributed by atoms with van der Waals surface area (Å²) in [5, 5.41) is 9.99. The molecule has 1 aromatic carbocycles. The Morgan fingerprint density at radius 3 is 2.55 bits per heavy atom. The molecule has 0 aliphatic rings. The Morgan fingerprint density at radius 1 is 1.41 bits per heavy atom. The molecule has 0 spiro atoms. The van der Waals surface area contributed by atoms with Crippen LogP contribution >= 0.6 is 22.9 Å². The molecule has 7 heteroatoms. The van der Waals surface area contributed by atoms with Crippen LogP contribution in [-0.2, 0) is 4.79 Å². The average Bonchev–Trinajstić information content (AvgIpc) is 2.78. The Kier molecular flexibility index (Phi) is 4.88. The maximum Gasteiger partial charge on any atom is 0.235 e. The van der Waals surface area contributed by atoms with Crippen molar-refractivity contribution in [2.75, 3.05) is 0 Å². The van der Waals surface area contributed by atoms with E-state index in [1.165, 1.54) is 11.3 Å². The Labute approximate surface area is 136 Å². The van der Waals surface area contributed by atoms with Gasteiger partial charge in [-0.25, -0.2) is 9.78 Å². The molecule has 2 aromatic rings. The summed E-state index contributed by atoms with van der Waals surface area (Å²) in [5.41, 5.74) is 1.01. The summed E-state index contributed by atoms with van der Waals surface area (Å²) in [4.78, 5) is 31.3. The van der Waals surface area contributed by atoms with Gasteiger partial charge in [-0.1, -0.05) is 30.3 Å². The minimum absolute atomic E-state index is 0.243. The van der Waals surface area contributed by atoms with Crippen LogP contribution < -0.4 is 5.11 Å². The number of hydrogen-bond donors (Lipinski definition) is 0. The molecule has 1 aromatic heterocycles. The number of aryl methyl sites for hydroxylation is 2. The van der Waals surface area contributed by atoms with Gasteiger partial charge < -0.3 is 5.11 Å². The van der Waals surface area contributed by atoms with E-state index >= 15 is 0 Å². The number of ketones is 1. The van der Waals surface area contributed by atoms with Crippen LogP contribution in [-0.4, -0.2) is 22.0 Å². The molecule has 114 valence electrons. The number of rotatable bonds is 5. The lowest BCUT2D eigenvalue weighted by molar-refractivity contribution is -0.442. The number of thiazole rings is 1. The zero-order chi connectivity index (χ0) is 16.3. The largest absolute Gasteiger partial charge is 0.818 e. The molecule has 0 aliphatic carbocycles. The summed E-state index contributed by atoms with van der Waals surface area (Å²) < 4.78 is 0. The van der Waals surface area contributed by atoms with E-state index in [1.54, 1.807) is 37.3 Å². The topological polar surface area (TPSA) is 82.4 Å². The van der Waals surface area contributed by atoms with Gasteiger partial charge in [0.25, 0.3) is 0 Å². The third-order valence-corrected chi connectivity index (χ3v) is 4.61. The number of isocyanates is 1. The van der Waals surface area contributed by atoms with E-state index in [9.17, 15) is 14.7 Å². The molecule has 5 nitrogen and oxygen atoms in total. The zero-order valence-electron chi connectivity index (χ0n) is 11.9. The van der Waals surface area contributed by atoms with Crippen molar-refractivity contribution >= 4 is 34.8 Å². The van der Waals surface area contributed by atoms with Crippen molar-refractivity contribution in [2.45, 2.75) is 24.9 Å². The van der Waals surface area contributed by atoms with Crippen LogP contribution in [0, 0.1) is 13.8 Å². The number of carbonyl (C=O) groups is 1. The first-order valence-electron chi connectivity index (χ1n) is 6.38. The minimum Gasteiger partial charge on any atom is -0.818 e. The molecular formula is C15H12ClN2O3S-. The van der Waals surface area contributed by atoms with E-state index in [-0.39, 0.29) is 5.01 Å². The Balaban J connectivity index is 2.55. The highest BCUT2D eigenvalue weighted by Gasteiger charge is 2.37. The predicted octanol–water partition coefficient (Wildman–Crippen LogP) is 2.32. The monoisotopic (exact) mass is 335 g/mol. The number of carbonyl (C=O) groups excluding carboxylic acids is 2. The third-order valence-electron chi connectivity index (χ3n) is 3.17. The van der Waals surface area contributed by atoms with Gasteiger partial charge in [-0.15, -0.1) is 22.9 Å². The summed E-state index contributed by atoms with van der Waals surface area (Å²) in [6.07, 6.45) is 1.14. The first-order chi connectivity index (χ1) is 10.4. The first kappa shape index (κ1) is 16.5. The van der Waals surface area contributed by atoms with E-state index in [0.29, 0.717) is 11.3 Å². The minimum atomic E-state index is -2.68. The highest BCUT2D eigenvalue weighted by atomic mass is 35.5. The summed E-state index contributed by atoms with van der Waals surface area (Å²) in [5.74, 6) is -1.92. The first-order valence-corrected chi connectivity index (χ1v) is 7.58. The summed E-state index contributed by atoms with van der Waals surface area (Å²) >= 11 is 7.00. The van der Waals surface area contributed by atoms with Crippen molar-refractivity contribution in [3.05, 3.63) is 51.5 Å². The van der Waals surface area contributed by atoms with Gasteiger partial charge in [0.15, 0.2) is 5.78 Å². The second kappa shape index (κ2) is 6.50. The molecular weight excluding hydrogens is 324 g/mol. The maximum atomic E-state index is 12.7. The number of aliphatic imine (C=N–C) groups is 1. The van der Waals surface area contributed by atoms with Crippen molar-refractivity contribution in [3.63, 3.8) is 0 Å². The summed E-state index contributed by atoms with van der Waals surface area (Å²) in [6, 6.07) is 8.23. The van der Waals surface area contributed by atoms with Crippen molar-refractivity contribution in [1.29, 1.82) is 0 Å². The van der Waals surface area contributed by atoms with Crippen LogP contribution in [0.2, 0.25) is 0 Å². The molecule has 0 fully saturated rings. The smallest absolute Gasteiger partial charge is 0.235 e. The molecule has 1 heterocycles. The molecule has 0 bridgehead atoms. The van der Waals surface area contributed by atoms with Gasteiger partial charge >= 0.3 is 0 Å². The number of aromatic nitrogens is 1. The normalized spacial score (nSPS) is 14.7. The van der Waals surface area contributed by atoms with Crippen LogP contribution in [0.1, 0.15) is 31.9 Å². The van der Waals surface area contributed by atoms with E-state index in [0.717, 1.165) is 11.0 Å². The number of alkyl halides is 1. The van der Waals surface area contributed by atoms with Crippen LogP contribution in [0.25, 0.3) is 0 Å². The van der Waals surface area contributed by atoms with Crippen LogP contribution in [0.15, 0.2) is 35.3 Å². The van der Waals surface area contributed by atoms with Gasteiger partial charge in [0.2, 0.25) is 6.08 Å². The van der Waals surface area contributed by atoms with Gasteiger partial charge in [0.05, 0.1) is 16.8 Å². The zero-order valence-corrected chi connectivity index (χ0v) is 13.4. The van der Waals surface area contributed by atoms with E-state index in [1.807, 2.05) is 6.92 Å². The number of halogens is 1. The lowest BCUT2D eigenvalue weighted by atomic mass is 9.96. The fourth-order valence-electron chi connectivity index (χ4n) is 1.94. The number of nitrogens with zero attached hydrogens (tertiary/aromatic N) is 2. The molecule has 0 N–H and O–H groups in total. The van der Waals surface area contributed by atoms with E-state index < -0.39 is 16.9 Å². The van der Waals surface area contributed by atoms with Gasteiger partial charge in [-0.05, 0) is 13.8 Å². The lowest BCUT2D eigenvalue weighted by Crippen LogP contribution is -2.45. The van der Waals surface area contributed by atoms with Crippen LogP contribution in [0.5, 0.6) is 0 Å². The molecule has 0 saturated carbocycles. The van der Waals surface area contributed by atoms with Crippen molar-refractivity contribution < 1.29 is 14.7 Å². The molecule has 0 aliphatic heterocycles. The van der Waals surface area contributed by atoms with Gasteiger partial charge in [-0.3, -0.25) is 4.79 Å². The highest BCUT2D eigenvalue weighted by Crippen LogP contribution is 2.36. The van der Waals surface area contributed by atoms with Crippen LogP contribution in [0.3, 0.4) is 0 Å². The maximum absolute atomic E-state index is 12.7. The third kappa shape index (κ3) is 3.31. The predicted molar refractivity (Wildman–Crippen MR) is 81.8 cm³/mol. The average molecular weight is 336 g/mol. The summed E-state index contributed by atoms with van der Waals surface area (Å²) in [7, 11) is 0. The van der Waals surface area contributed by atoms with Crippen molar-refractivity contribution in [1.82, 2.24) is 4.98 Å².